The van der Waals surface area contributed by atoms with E-state index in [-0.39, 0.29) is 11.3 Å². The molecule has 0 spiro atoms. The number of carbonyl (C=O) groups excluding carboxylic acids is 1. The minimum atomic E-state index is -0.147. The maximum atomic E-state index is 11.7. The van der Waals surface area contributed by atoms with Gasteiger partial charge < -0.3 is 5.32 Å². The number of rotatable bonds is 1. The van der Waals surface area contributed by atoms with Crippen molar-refractivity contribution in [3.63, 3.8) is 0 Å². The highest BCUT2D eigenvalue weighted by atomic mass is 35.5. The zero-order valence-electron chi connectivity index (χ0n) is 11.5. The first-order valence-corrected chi connectivity index (χ1v) is 7.04. The molecule has 1 aliphatic rings. The fourth-order valence-corrected chi connectivity index (χ4v) is 2.94. The Morgan fingerprint density at radius 1 is 1.10 bits per heavy atom. The SMILES string of the molecule is CC1(C)CC(=O)Nc2ccc(-c3cccc(Cl)c3)cc21. The number of anilines is 1. The lowest BCUT2D eigenvalue weighted by atomic mass is 9.77. The number of carbonyl (C=O) groups is 1. The second kappa shape index (κ2) is 4.64. The molecule has 0 saturated heterocycles. The minimum Gasteiger partial charge on any atom is -0.326 e. The Hall–Kier alpha value is -1.80. The van der Waals surface area contributed by atoms with E-state index in [1.165, 1.54) is 5.56 Å². The average molecular weight is 286 g/mol. The van der Waals surface area contributed by atoms with E-state index in [0.29, 0.717) is 6.42 Å². The van der Waals surface area contributed by atoms with Crippen molar-refractivity contribution >= 4 is 23.2 Å². The van der Waals surface area contributed by atoms with E-state index in [0.717, 1.165) is 21.8 Å². The fraction of sp³-hybridized carbons (Fsp3) is 0.235. The third kappa shape index (κ3) is 2.32. The molecule has 2 nitrogen and oxygen atoms in total. The number of hydrogen-bond acceptors (Lipinski definition) is 1. The van der Waals surface area contributed by atoms with Gasteiger partial charge in [-0.25, -0.2) is 0 Å². The molecule has 0 radical (unpaired) electrons. The minimum absolute atomic E-state index is 0.0815. The van der Waals surface area contributed by atoms with E-state index in [9.17, 15) is 4.79 Å². The van der Waals surface area contributed by atoms with Gasteiger partial charge in [-0.05, 0) is 41.0 Å². The van der Waals surface area contributed by atoms with Crippen LogP contribution >= 0.6 is 11.6 Å². The fourth-order valence-electron chi connectivity index (χ4n) is 2.75. The van der Waals surface area contributed by atoms with Gasteiger partial charge in [-0.2, -0.15) is 0 Å². The zero-order chi connectivity index (χ0) is 14.3. The number of benzene rings is 2. The first kappa shape index (κ1) is 13.2. The quantitative estimate of drug-likeness (QED) is 0.813. The van der Waals surface area contributed by atoms with E-state index < -0.39 is 0 Å². The van der Waals surface area contributed by atoms with E-state index in [4.69, 9.17) is 11.6 Å². The van der Waals surface area contributed by atoms with Crippen molar-refractivity contribution in [1.29, 1.82) is 0 Å². The van der Waals surface area contributed by atoms with Gasteiger partial charge in [-0.15, -0.1) is 0 Å². The van der Waals surface area contributed by atoms with Gasteiger partial charge in [0.15, 0.2) is 0 Å². The van der Waals surface area contributed by atoms with Gasteiger partial charge >= 0.3 is 0 Å². The van der Waals surface area contributed by atoms with Gasteiger partial charge in [-0.3, -0.25) is 4.79 Å². The van der Waals surface area contributed by atoms with Gasteiger partial charge in [0.1, 0.15) is 0 Å². The number of hydrogen-bond donors (Lipinski definition) is 1. The first-order chi connectivity index (χ1) is 9.45. The van der Waals surface area contributed by atoms with Crippen LogP contribution in [-0.2, 0) is 10.2 Å². The molecule has 3 rings (SSSR count). The summed E-state index contributed by atoms with van der Waals surface area (Å²) < 4.78 is 0. The van der Waals surface area contributed by atoms with E-state index in [1.54, 1.807) is 0 Å². The number of fused-ring (bicyclic) bond motifs is 1. The van der Waals surface area contributed by atoms with E-state index >= 15 is 0 Å². The highest BCUT2D eigenvalue weighted by Gasteiger charge is 2.31. The van der Waals surface area contributed by atoms with E-state index in [1.807, 2.05) is 36.4 Å². The number of halogens is 1. The molecule has 1 heterocycles. The number of amides is 1. The molecule has 0 aliphatic carbocycles. The molecule has 2 aromatic rings. The maximum absolute atomic E-state index is 11.7. The summed E-state index contributed by atoms with van der Waals surface area (Å²) in [6.45, 7) is 4.21. The van der Waals surface area contributed by atoms with Crippen LogP contribution in [0.5, 0.6) is 0 Å². The Morgan fingerprint density at radius 3 is 2.60 bits per heavy atom. The Bertz CT molecular complexity index is 691. The summed E-state index contributed by atoms with van der Waals surface area (Å²) in [6.07, 6.45) is 0.513. The lowest BCUT2D eigenvalue weighted by Crippen LogP contribution is -2.32. The van der Waals surface area contributed by atoms with Crippen LogP contribution in [0.4, 0.5) is 5.69 Å². The maximum Gasteiger partial charge on any atom is 0.225 e. The molecule has 3 heteroatoms. The molecule has 0 fully saturated rings. The van der Waals surface area contributed by atoms with Gasteiger partial charge in [0, 0.05) is 22.5 Å². The van der Waals surface area contributed by atoms with Gasteiger partial charge in [0.25, 0.3) is 0 Å². The van der Waals surface area contributed by atoms with Crippen molar-refractivity contribution in [2.75, 3.05) is 5.32 Å². The van der Waals surface area contributed by atoms with Crippen LogP contribution in [0, 0.1) is 0 Å². The van der Waals surface area contributed by atoms with Crippen molar-refractivity contribution in [3.05, 3.63) is 53.1 Å². The summed E-state index contributed by atoms with van der Waals surface area (Å²) in [5.74, 6) is 0.0815. The molecular formula is C17H16ClNO. The Labute approximate surface area is 123 Å². The molecule has 2 aromatic carbocycles. The molecule has 1 aliphatic heterocycles. The molecule has 102 valence electrons. The Morgan fingerprint density at radius 2 is 1.85 bits per heavy atom. The van der Waals surface area contributed by atoms with Crippen LogP contribution in [0.25, 0.3) is 11.1 Å². The van der Waals surface area contributed by atoms with Gasteiger partial charge in [-0.1, -0.05) is 43.6 Å². The molecule has 20 heavy (non-hydrogen) atoms. The number of nitrogens with one attached hydrogen (secondary N) is 1. The highest BCUT2D eigenvalue weighted by molar-refractivity contribution is 6.30. The molecule has 0 unspecified atom stereocenters. The van der Waals surface area contributed by atoms with Gasteiger partial charge in [0.05, 0.1) is 0 Å². The van der Waals surface area contributed by atoms with Crippen LogP contribution in [0.1, 0.15) is 25.8 Å². The van der Waals surface area contributed by atoms with Crippen LogP contribution < -0.4 is 5.32 Å². The van der Waals surface area contributed by atoms with Crippen molar-refractivity contribution in [1.82, 2.24) is 0 Å². The molecule has 0 aromatic heterocycles. The molecular weight excluding hydrogens is 270 g/mol. The third-order valence-corrected chi connectivity index (χ3v) is 4.02. The summed E-state index contributed by atoms with van der Waals surface area (Å²) in [4.78, 5) is 11.7. The summed E-state index contributed by atoms with van der Waals surface area (Å²) in [6, 6.07) is 14.0. The lowest BCUT2D eigenvalue weighted by molar-refractivity contribution is -0.117. The van der Waals surface area contributed by atoms with E-state index in [2.05, 4.69) is 25.2 Å². The topological polar surface area (TPSA) is 29.1 Å². The van der Waals surface area contributed by atoms with Crippen LogP contribution in [0.3, 0.4) is 0 Å². The molecule has 1 amide bonds. The molecule has 0 saturated carbocycles. The Balaban J connectivity index is 2.12. The summed E-state index contributed by atoms with van der Waals surface area (Å²) >= 11 is 6.06. The predicted octanol–water partition coefficient (Wildman–Crippen LogP) is 4.63. The van der Waals surface area contributed by atoms with Crippen molar-refractivity contribution in [3.8, 4) is 11.1 Å². The predicted molar refractivity (Wildman–Crippen MR) is 83.2 cm³/mol. The van der Waals surface area contributed by atoms with Crippen LogP contribution in [0.15, 0.2) is 42.5 Å². The summed E-state index contributed by atoms with van der Waals surface area (Å²) in [5.41, 5.74) is 4.15. The standard InChI is InChI=1S/C17H16ClNO/c1-17(2)10-16(20)19-15-7-6-12(9-14(15)17)11-4-3-5-13(18)8-11/h3-9H,10H2,1-2H3,(H,19,20). The molecule has 1 N–H and O–H groups in total. The second-order valence-corrected chi connectivity index (χ2v) is 6.32. The van der Waals surface area contributed by atoms with Crippen LogP contribution in [0.2, 0.25) is 5.02 Å². The zero-order valence-corrected chi connectivity index (χ0v) is 12.3. The van der Waals surface area contributed by atoms with Crippen molar-refractivity contribution in [2.45, 2.75) is 25.7 Å². The van der Waals surface area contributed by atoms with Gasteiger partial charge in [0.2, 0.25) is 5.91 Å². The normalized spacial score (nSPS) is 16.4. The molecule has 0 atom stereocenters. The smallest absolute Gasteiger partial charge is 0.225 e. The molecule has 0 bridgehead atoms. The van der Waals surface area contributed by atoms with Crippen molar-refractivity contribution in [2.24, 2.45) is 0 Å². The van der Waals surface area contributed by atoms with Crippen molar-refractivity contribution < 1.29 is 4.79 Å². The highest BCUT2D eigenvalue weighted by Crippen LogP contribution is 2.39. The monoisotopic (exact) mass is 285 g/mol. The second-order valence-electron chi connectivity index (χ2n) is 5.88. The third-order valence-electron chi connectivity index (χ3n) is 3.78. The van der Waals surface area contributed by atoms with Crippen LogP contribution in [-0.4, -0.2) is 5.91 Å². The largest absolute Gasteiger partial charge is 0.326 e. The summed E-state index contributed by atoms with van der Waals surface area (Å²) in [7, 11) is 0. The first-order valence-electron chi connectivity index (χ1n) is 6.66. The summed E-state index contributed by atoms with van der Waals surface area (Å²) in [5, 5.41) is 3.67. The lowest BCUT2D eigenvalue weighted by Gasteiger charge is -2.32. The average Bonchev–Trinajstić information content (AvgIpc) is 2.37. The Kier molecular flexibility index (Phi) is 3.06.